The molecule has 0 aliphatic carbocycles. The van der Waals surface area contributed by atoms with Crippen LogP contribution in [0.4, 0.5) is 5.82 Å². The minimum atomic E-state index is 0.267. The smallest absolute Gasteiger partial charge is 0.224 e. The average molecular weight is 315 g/mol. The second-order valence-corrected chi connectivity index (χ2v) is 5.41. The van der Waals surface area contributed by atoms with Gasteiger partial charge in [0.15, 0.2) is 0 Å². The molecular formula is C14H23ClN4O2. The number of hydrogen-bond donors (Lipinski definition) is 1. The first-order valence-corrected chi connectivity index (χ1v) is 7.64. The number of ether oxygens (including phenoxy) is 2. The van der Waals surface area contributed by atoms with Crippen LogP contribution in [0.3, 0.4) is 0 Å². The van der Waals surface area contributed by atoms with Crippen LogP contribution in [0.15, 0.2) is 0 Å². The largest absolute Gasteiger partial charge is 0.380 e. The Morgan fingerprint density at radius 2 is 2.10 bits per heavy atom. The van der Waals surface area contributed by atoms with Gasteiger partial charge in [-0.25, -0.2) is 9.97 Å². The molecule has 1 aliphatic rings. The van der Waals surface area contributed by atoms with Gasteiger partial charge in [0, 0.05) is 38.0 Å². The van der Waals surface area contributed by atoms with Gasteiger partial charge in [0.25, 0.3) is 0 Å². The number of methoxy groups -OCH3 is 1. The first kappa shape index (κ1) is 16.4. The van der Waals surface area contributed by atoms with Gasteiger partial charge in [0.05, 0.1) is 19.8 Å². The van der Waals surface area contributed by atoms with Crippen molar-refractivity contribution in [2.75, 3.05) is 51.8 Å². The van der Waals surface area contributed by atoms with Gasteiger partial charge in [0.1, 0.15) is 5.82 Å². The molecule has 1 aromatic rings. The highest BCUT2D eigenvalue weighted by Gasteiger charge is 2.12. The molecule has 6 nitrogen and oxygen atoms in total. The maximum absolute atomic E-state index is 5.93. The summed E-state index contributed by atoms with van der Waals surface area (Å²) in [5, 5.41) is 3.61. The summed E-state index contributed by atoms with van der Waals surface area (Å²) in [6.45, 7) is 8.03. The Morgan fingerprint density at radius 3 is 2.81 bits per heavy atom. The molecule has 21 heavy (non-hydrogen) atoms. The van der Waals surface area contributed by atoms with E-state index in [1.807, 2.05) is 6.92 Å². The number of nitrogens with zero attached hydrogens (tertiary/aromatic N) is 3. The summed E-state index contributed by atoms with van der Waals surface area (Å²) in [5.74, 6) is 0.774. The van der Waals surface area contributed by atoms with Gasteiger partial charge in [-0.15, -0.1) is 0 Å². The Hall–Kier alpha value is -0.950. The van der Waals surface area contributed by atoms with E-state index in [4.69, 9.17) is 21.1 Å². The first-order valence-electron chi connectivity index (χ1n) is 7.26. The van der Waals surface area contributed by atoms with E-state index in [-0.39, 0.29) is 5.28 Å². The van der Waals surface area contributed by atoms with Crippen molar-refractivity contribution in [3.63, 3.8) is 0 Å². The van der Waals surface area contributed by atoms with Crippen LogP contribution in [0.5, 0.6) is 0 Å². The average Bonchev–Trinajstić information content (AvgIpc) is 2.48. The van der Waals surface area contributed by atoms with Crippen molar-refractivity contribution in [1.29, 1.82) is 0 Å². The third-order valence-corrected chi connectivity index (χ3v) is 3.69. The van der Waals surface area contributed by atoms with Gasteiger partial charge in [0.2, 0.25) is 5.28 Å². The molecule has 0 unspecified atom stereocenters. The summed E-state index contributed by atoms with van der Waals surface area (Å²) in [4.78, 5) is 10.8. The summed E-state index contributed by atoms with van der Waals surface area (Å²) in [6.07, 6.45) is 1.05. The van der Waals surface area contributed by atoms with E-state index < -0.39 is 0 Å². The fourth-order valence-electron chi connectivity index (χ4n) is 2.36. The molecule has 0 saturated carbocycles. The monoisotopic (exact) mass is 314 g/mol. The van der Waals surface area contributed by atoms with Crippen molar-refractivity contribution >= 4 is 17.4 Å². The molecule has 1 fully saturated rings. The minimum absolute atomic E-state index is 0.267. The van der Waals surface area contributed by atoms with Crippen LogP contribution in [0.2, 0.25) is 5.28 Å². The van der Waals surface area contributed by atoms with Crippen LogP contribution in [-0.4, -0.2) is 61.4 Å². The molecule has 1 saturated heterocycles. The van der Waals surface area contributed by atoms with Gasteiger partial charge in [-0.3, -0.25) is 4.90 Å². The van der Waals surface area contributed by atoms with Crippen molar-refractivity contribution in [1.82, 2.24) is 14.9 Å². The van der Waals surface area contributed by atoms with Crippen LogP contribution < -0.4 is 5.32 Å². The standard InChI is InChI=1S/C14H23ClN4O2/c1-11-12(10-20-2)13(18-14(15)17-11)16-4-3-5-19-6-8-21-9-7-19/h3-10H2,1-2H3,(H,16,17,18). The van der Waals surface area contributed by atoms with Gasteiger partial charge < -0.3 is 14.8 Å². The highest BCUT2D eigenvalue weighted by atomic mass is 35.5. The second kappa shape index (κ2) is 8.48. The highest BCUT2D eigenvalue weighted by molar-refractivity contribution is 6.28. The van der Waals surface area contributed by atoms with Crippen molar-refractivity contribution in [3.8, 4) is 0 Å². The van der Waals surface area contributed by atoms with E-state index in [0.29, 0.717) is 6.61 Å². The van der Waals surface area contributed by atoms with Crippen molar-refractivity contribution in [2.45, 2.75) is 20.0 Å². The highest BCUT2D eigenvalue weighted by Crippen LogP contribution is 2.19. The molecular weight excluding hydrogens is 292 g/mol. The zero-order valence-corrected chi connectivity index (χ0v) is 13.4. The molecule has 118 valence electrons. The number of halogens is 1. The molecule has 1 N–H and O–H groups in total. The van der Waals surface area contributed by atoms with Crippen LogP contribution in [0.1, 0.15) is 17.7 Å². The van der Waals surface area contributed by atoms with Crippen LogP contribution in [0, 0.1) is 6.92 Å². The summed E-state index contributed by atoms with van der Waals surface area (Å²) in [7, 11) is 1.66. The van der Waals surface area contributed by atoms with E-state index in [1.54, 1.807) is 7.11 Å². The maximum Gasteiger partial charge on any atom is 0.224 e. The third kappa shape index (κ3) is 5.07. The molecule has 0 bridgehead atoms. The van der Waals surface area contributed by atoms with Crippen LogP contribution in [-0.2, 0) is 16.1 Å². The third-order valence-electron chi connectivity index (χ3n) is 3.52. The first-order chi connectivity index (χ1) is 10.2. The molecule has 0 radical (unpaired) electrons. The summed E-state index contributed by atoms with van der Waals surface area (Å²) in [6, 6.07) is 0. The number of nitrogens with one attached hydrogen (secondary N) is 1. The molecule has 0 spiro atoms. The lowest BCUT2D eigenvalue weighted by Crippen LogP contribution is -2.37. The van der Waals surface area contributed by atoms with E-state index in [9.17, 15) is 0 Å². The molecule has 0 atom stereocenters. The Balaban J connectivity index is 1.84. The lowest BCUT2D eigenvalue weighted by atomic mass is 10.2. The number of aromatic nitrogens is 2. The minimum Gasteiger partial charge on any atom is -0.380 e. The molecule has 7 heteroatoms. The Bertz CT molecular complexity index is 453. The normalized spacial score (nSPS) is 16.1. The van der Waals surface area contributed by atoms with Crippen LogP contribution >= 0.6 is 11.6 Å². The predicted octanol–water partition coefficient (Wildman–Crippen LogP) is 1.72. The van der Waals surface area contributed by atoms with Crippen molar-refractivity contribution in [3.05, 3.63) is 16.5 Å². The lowest BCUT2D eigenvalue weighted by Gasteiger charge is -2.26. The van der Waals surface area contributed by atoms with Gasteiger partial charge in [-0.1, -0.05) is 0 Å². The lowest BCUT2D eigenvalue weighted by molar-refractivity contribution is 0.0378. The fourth-order valence-corrected chi connectivity index (χ4v) is 2.57. The number of aryl methyl sites for hydroxylation is 1. The SMILES string of the molecule is COCc1c(C)nc(Cl)nc1NCCCN1CCOCC1. The molecule has 1 aromatic heterocycles. The van der Waals surface area contributed by atoms with Crippen molar-refractivity contribution in [2.24, 2.45) is 0 Å². The van der Waals surface area contributed by atoms with Gasteiger partial charge >= 0.3 is 0 Å². The van der Waals surface area contributed by atoms with Crippen LogP contribution in [0.25, 0.3) is 0 Å². The zero-order chi connectivity index (χ0) is 15.1. The maximum atomic E-state index is 5.93. The number of morpholine rings is 1. The molecule has 0 amide bonds. The molecule has 2 rings (SSSR count). The van der Waals surface area contributed by atoms with E-state index in [0.717, 1.165) is 62.9 Å². The number of rotatable bonds is 7. The fraction of sp³-hybridized carbons (Fsp3) is 0.714. The van der Waals surface area contributed by atoms with Gasteiger partial charge in [-0.05, 0) is 31.5 Å². The number of hydrogen-bond acceptors (Lipinski definition) is 6. The van der Waals surface area contributed by atoms with E-state index in [1.165, 1.54) is 0 Å². The Labute approximate surface area is 130 Å². The van der Waals surface area contributed by atoms with Crippen molar-refractivity contribution < 1.29 is 9.47 Å². The summed E-state index contributed by atoms with van der Waals surface area (Å²) < 4.78 is 10.5. The van der Waals surface area contributed by atoms with E-state index in [2.05, 4.69) is 20.2 Å². The molecule has 2 heterocycles. The summed E-state index contributed by atoms with van der Waals surface area (Å²) >= 11 is 5.93. The van der Waals surface area contributed by atoms with E-state index >= 15 is 0 Å². The molecule has 1 aliphatic heterocycles. The molecule has 0 aromatic carbocycles. The topological polar surface area (TPSA) is 59.5 Å². The predicted molar refractivity (Wildman–Crippen MR) is 82.9 cm³/mol. The van der Waals surface area contributed by atoms with Gasteiger partial charge in [-0.2, -0.15) is 0 Å². The quantitative estimate of drug-likeness (QED) is 0.611. The second-order valence-electron chi connectivity index (χ2n) is 5.07. The number of anilines is 1. The Kier molecular flexibility index (Phi) is 6.63. The Morgan fingerprint density at radius 1 is 1.33 bits per heavy atom. The summed E-state index contributed by atoms with van der Waals surface area (Å²) in [5.41, 5.74) is 1.82. The zero-order valence-electron chi connectivity index (χ0n) is 12.7.